The molecule has 0 radical (unpaired) electrons. The van der Waals surface area contributed by atoms with Gasteiger partial charge < -0.3 is 20.2 Å². The van der Waals surface area contributed by atoms with Gasteiger partial charge in [0.2, 0.25) is 11.8 Å². The highest BCUT2D eigenvalue weighted by atomic mass is 16.4. The molecule has 39 heavy (non-hydrogen) atoms. The van der Waals surface area contributed by atoms with Crippen LogP contribution in [0.15, 0.2) is 47.3 Å². The maximum Gasteiger partial charge on any atom is 0.309 e. The van der Waals surface area contributed by atoms with E-state index < -0.39 is 5.91 Å². The first-order valence-corrected chi connectivity index (χ1v) is 12.9. The lowest BCUT2D eigenvalue weighted by molar-refractivity contribution is 0.0893. The Kier molecular flexibility index (Phi) is 7.40. The molecule has 1 aliphatic rings. The number of β-amino-alcohol motifs (C(OH)–C–C–N with tert-alkyl or cyclic N) is 1. The van der Waals surface area contributed by atoms with Crippen LogP contribution in [0.25, 0.3) is 11.3 Å². The van der Waals surface area contributed by atoms with Crippen molar-refractivity contribution in [3.63, 3.8) is 0 Å². The van der Waals surface area contributed by atoms with Crippen LogP contribution in [-0.4, -0.2) is 65.6 Å². The number of amides is 1. The van der Waals surface area contributed by atoms with Crippen LogP contribution in [0.4, 0.5) is 11.6 Å². The molecule has 1 amide bonds. The van der Waals surface area contributed by atoms with E-state index in [1.54, 1.807) is 17.1 Å². The van der Waals surface area contributed by atoms with Crippen LogP contribution in [0.5, 0.6) is 0 Å². The van der Waals surface area contributed by atoms with Crippen LogP contribution in [-0.2, 0) is 19.0 Å². The summed E-state index contributed by atoms with van der Waals surface area (Å²) in [4.78, 5) is 24.3. The lowest BCUT2D eigenvalue weighted by Gasteiger charge is -2.19. The van der Waals surface area contributed by atoms with E-state index in [1.165, 1.54) is 0 Å². The largest absolute Gasteiger partial charge is 0.416 e. The Morgan fingerprint density at radius 3 is 2.79 bits per heavy atom. The van der Waals surface area contributed by atoms with Gasteiger partial charge in [-0.05, 0) is 29.7 Å². The fourth-order valence-electron chi connectivity index (χ4n) is 4.54. The SMILES string of the molecule is Cn1cc(Nc2nccc(-c3ccc4c(c3)CN(CCO)CCC4NC(=O)c3nnc(C(C)(C)C)o3)n2)cn1. The van der Waals surface area contributed by atoms with Crippen LogP contribution in [0.2, 0.25) is 0 Å². The Balaban J connectivity index is 1.41. The van der Waals surface area contributed by atoms with Gasteiger partial charge in [-0.15, -0.1) is 10.2 Å². The number of carbonyl (C=O) groups is 1. The summed E-state index contributed by atoms with van der Waals surface area (Å²) in [7, 11) is 1.85. The first kappa shape index (κ1) is 26.4. The quantitative estimate of drug-likeness (QED) is 0.325. The number of nitrogens with zero attached hydrogens (tertiary/aromatic N) is 7. The van der Waals surface area contributed by atoms with Gasteiger partial charge in [0.25, 0.3) is 0 Å². The molecule has 0 saturated heterocycles. The second kappa shape index (κ2) is 10.9. The van der Waals surface area contributed by atoms with E-state index in [4.69, 9.17) is 9.40 Å². The molecular formula is C27H33N9O3. The molecule has 3 aromatic heterocycles. The molecule has 1 aliphatic heterocycles. The van der Waals surface area contributed by atoms with Gasteiger partial charge >= 0.3 is 11.8 Å². The molecule has 0 bridgehead atoms. The molecular weight excluding hydrogens is 498 g/mol. The summed E-state index contributed by atoms with van der Waals surface area (Å²) in [5, 5.41) is 28.0. The van der Waals surface area contributed by atoms with Gasteiger partial charge in [-0.25, -0.2) is 9.97 Å². The number of hydrogen-bond donors (Lipinski definition) is 3. The first-order chi connectivity index (χ1) is 18.7. The molecule has 1 unspecified atom stereocenters. The topological polar surface area (TPSA) is 147 Å². The molecule has 3 N–H and O–H groups in total. The highest BCUT2D eigenvalue weighted by Gasteiger charge is 2.28. The number of aliphatic hydroxyl groups excluding tert-OH is 1. The first-order valence-electron chi connectivity index (χ1n) is 12.9. The fraction of sp³-hybridized carbons (Fsp3) is 0.407. The highest BCUT2D eigenvalue weighted by molar-refractivity contribution is 5.89. The molecule has 12 heteroatoms. The average Bonchev–Trinajstić information content (AvgIpc) is 3.52. The van der Waals surface area contributed by atoms with Gasteiger partial charge in [0.15, 0.2) is 0 Å². The van der Waals surface area contributed by atoms with Crippen molar-refractivity contribution in [2.45, 2.75) is 45.2 Å². The lowest BCUT2D eigenvalue weighted by atomic mass is 9.96. The minimum Gasteiger partial charge on any atom is -0.416 e. The molecule has 1 atom stereocenters. The summed E-state index contributed by atoms with van der Waals surface area (Å²) in [5.41, 5.74) is 4.18. The number of aliphatic hydroxyl groups is 1. The Morgan fingerprint density at radius 1 is 1.23 bits per heavy atom. The predicted octanol–water partition coefficient (Wildman–Crippen LogP) is 2.97. The minimum atomic E-state index is -0.407. The van der Waals surface area contributed by atoms with Crippen molar-refractivity contribution in [2.75, 3.05) is 25.0 Å². The summed E-state index contributed by atoms with van der Waals surface area (Å²) < 4.78 is 7.36. The van der Waals surface area contributed by atoms with E-state index in [9.17, 15) is 9.90 Å². The molecule has 0 saturated carbocycles. The number of benzene rings is 1. The monoisotopic (exact) mass is 531 g/mol. The molecule has 4 heterocycles. The highest BCUT2D eigenvalue weighted by Crippen LogP contribution is 2.31. The van der Waals surface area contributed by atoms with Crippen LogP contribution < -0.4 is 10.6 Å². The number of aryl methyl sites for hydroxylation is 1. The predicted molar refractivity (Wildman–Crippen MR) is 144 cm³/mol. The number of hydrogen-bond acceptors (Lipinski definition) is 10. The van der Waals surface area contributed by atoms with Gasteiger partial charge in [-0.2, -0.15) is 5.10 Å². The molecule has 4 aromatic rings. The number of anilines is 2. The maximum atomic E-state index is 13.1. The zero-order chi connectivity index (χ0) is 27.6. The molecule has 204 valence electrons. The van der Waals surface area contributed by atoms with Crippen LogP contribution in [0.3, 0.4) is 0 Å². The molecule has 1 aromatic carbocycles. The number of aromatic nitrogens is 6. The Bertz CT molecular complexity index is 1460. The summed E-state index contributed by atoms with van der Waals surface area (Å²) in [5.74, 6) is 0.423. The van der Waals surface area contributed by atoms with E-state index in [0.29, 0.717) is 37.9 Å². The van der Waals surface area contributed by atoms with Crippen LogP contribution in [0.1, 0.15) is 60.9 Å². The van der Waals surface area contributed by atoms with Gasteiger partial charge in [0, 0.05) is 50.1 Å². The smallest absolute Gasteiger partial charge is 0.309 e. The van der Waals surface area contributed by atoms with Crippen molar-refractivity contribution in [1.29, 1.82) is 0 Å². The zero-order valence-electron chi connectivity index (χ0n) is 22.5. The second-order valence-electron chi connectivity index (χ2n) is 10.7. The molecule has 0 aliphatic carbocycles. The van der Waals surface area contributed by atoms with Crippen molar-refractivity contribution in [2.24, 2.45) is 7.05 Å². The summed E-state index contributed by atoms with van der Waals surface area (Å²) in [6.45, 7) is 7.79. The third-order valence-electron chi connectivity index (χ3n) is 6.54. The van der Waals surface area contributed by atoms with Crippen molar-refractivity contribution in [1.82, 2.24) is 40.2 Å². The summed E-state index contributed by atoms with van der Waals surface area (Å²) in [6, 6.07) is 7.72. The summed E-state index contributed by atoms with van der Waals surface area (Å²) >= 11 is 0. The van der Waals surface area contributed by atoms with E-state index >= 15 is 0 Å². The molecule has 12 nitrogen and oxygen atoms in total. The number of carbonyl (C=O) groups excluding carboxylic acids is 1. The number of rotatable bonds is 7. The van der Waals surface area contributed by atoms with Crippen molar-refractivity contribution >= 4 is 17.5 Å². The Labute approximate surface area is 226 Å². The van der Waals surface area contributed by atoms with E-state index in [2.05, 4.69) is 41.9 Å². The maximum absolute atomic E-state index is 13.1. The second-order valence-corrected chi connectivity index (χ2v) is 10.7. The third kappa shape index (κ3) is 6.13. The van der Waals surface area contributed by atoms with E-state index in [-0.39, 0.29) is 24.0 Å². The van der Waals surface area contributed by atoms with Gasteiger partial charge in [0.05, 0.1) is 30.2 Å². The summed E-state index contributed by atoms with van der Waals surface area (Å²) in [6.07, 6.45) is 5.94. The Morgan fingerprint density at radius 2 is 2.08 bits per heavy atom. The van der Waals surface area contributed by atoms with E-state index in [1.807, 2.05) is 52.2 Å². The van der Waals surface area contributed by atoms with Gasteiger partial charge in [-0.1, -0.05) is 32.9 Å². The van der Waals surface area contributed by atoms with Crippen molar-refractivity contribution in [3.05, 3.63) is 65.8 Å². The van der Waals surface area contributed by atoms with E-state index in [0.717, 1.165) is 28.1 Å². The lowest BCUT2D eigenvalue weighted by Crippen LogP contribution is -2.31. The van der Waals surface area contributed by atoms with Crippen molar-refractivity contribution in [3.8, 4) is 11.3 Å². The molecule has 5 rings (SSSR count). The Hall–Kier alpha value is -4.16. The number of nitrogens with one attached hydrogen (secondary N) is 2. The average molecular weight is 532 g/mol. The van der Waals surface area contributed by atoms with Crippen LogP contribution >= 0.6 is 0 Å². The van der Waals surface area contributed by atoms with Crippen molar-refractivity contribution < 1.29 is 14.3 Å². The molecule has 0 fully saturated rings. The zero-order valence-corrected chi connectivity index (χ0v) is 22.5. The van der Waals surface area contributed by atoms with Gasteiger partial charge in [0.1, 0.15) is 0 Å². The normalized spacial score (nSPS) is 16.0. The molecule has 0 spiro atoms. The third-order valence-corrected chi connectivity index (χ3v) is 6.54. The van der Waals surface area contributed by atoms with Gasteiger partial charge in [-0.3, -0.25) is 14.4 Å². The fourth-order valence-corrected chi connectivity index (χ4v) is 4.54. The standard InChI is InChI=1S/C27H33N9O3/c1-27(2,3)25-34-33-24(39-25)23(38)31-22-8-10-36(11-12-37)15-18-13-17(5-6-20(18)22)21-7-9-28-26(32-21)30-19-14-29-35(4)16-19/h5-7,9,13-14,16,22,37H,8,10-12,15H2,1-4H3,(H,31,38)(H,28,30,32). The van der Waals surface area contributed by atoms with Crippen LogP contribution in [0, 0.1) is 0 Å². The minimum absolute atomic E-state index is 0.0517. The number of fused-ring (bicyclic) bond motifs is 1.